The van der Waals surface area contributed by atoms with Crippen LogP contribution in [0.25, 0.3) is 11.1 Å². The molecule has 10 heteroatoms. The van der Waals surface area contributed by atoms with E-state index in [0.717, 1.165) is 89.9 Å². The van der Waals surface area contributed by atoms with Crippen LogP contribution in [-0.4, -0.2) is 53.7 Å². The fourth-order valence-electron chi connectivity index (χ4n) is 5.84. The maximum absolute atomic E-state index is 11.2. The zero-order valence-electron chi connectivity index (χ0n) is 25.7. The SMILES string of the molecule is CC1=C(c2cccc(OC3CCCCO3)c2)C(c2ccc(OCCOS(C)(=O)=O)cc2)Oc2ccc(OC3CCCCO3)cc21. The monoisotopic (exact) mass is 636 g/mol. The lowest BCUT2D eigenvalue weighted by atomic mass is 9.86. The topological polar surface area (TPSA) is 98.8 Å². The number of fused-ring (bicyclic) bond motifs is 1. The van der Waals surface area contributed by atoms with Gasteiger partial charge in [0, 0.05) is 24.0 Å². The van der Waals surface area contributed by atoms with Gasteiger partial charge in [0.15, 0.2) is 12.6 Å². The van der Waals surface area contributed by atoms with Crippen LogP contribution in [-0.2, 0) is 23.8 Å². The largest absolute Gasteiger partial charge is 0.491 e. The van der Waals surface area contributed by atoms with E-state index < -0.39 is 16.2 Å². The van der Waals surface area contributed by atoms with E-state index in [1.165, 1.54) is 0 Å². The highest BCUT2D eigenvalue weighted by atomic mass is 32.2. The normalized spacial score (nSPS) is 21.9. The van der Waals surface area contributed by atoms with Gasteiger partial charge in [-0.2, -0.15) is 8.42 Å². The van der Waals surface area contributed by atoms with Gasteiger partial charge >= 0.3 is 0 Å². The summed E-state index contributed by atoms with van der Waals surface area (Å²) in [6.07, 6.45) is 6.15. The molecule has 0 spiro atoms. The third kappa shape index (κ3) is 8.18. The highest BCUT2D eigenvalue weighted by molar-refractivity contribution is 7.85. The fourth-order valence-corrected chi connectivity index (χ4v) is 6.21. The first-order chi connectivity index (χ1) is 21.8. The van der Waals surface area contributed by atoms with Gasteiger partial charge in [0.05, 0.1) is 19.5 Å². The third-order valence-corrected chi connectivity index (χ3v) is 8.65. The van der Waals surface area contributed by atoms with Gasteiger partial charge in [-0.25, -0.2) is 0 Å². The van der Waals surface area contributed by atoms with Gasteiger partial charge < -0.3 is 28.4 Å². The van der Waals surface area contributed by atoms with Crippen LogP contribution in [0, 0.1) is 0 Å². The van der Waals surface area contributed by atoms with Crippen LogP contribution >= 0.6 is 0 Å². The molecule has 0 aliphatic carbocycles. The van der Waals surface area contributed by atoms with Crippen LogP contribution in [0.5, 0.6) is 23.0 Å². The van der Waals surface area contributed by atoms with Crippen LogP contribution in [0.15, 0.2) is 66.7 Å². The van der Waals surface area contributed by atoms with Crippen molar-refractivity contribution in [3.63, 3.8) is 0 Å². The van der Waals surface area contributed by atoms with E-state index in [9.17, 15) is 8.42 Å². The molecule has 0 saturated carbocycles. The second-order valence-corrected chi connectivity index (χ2v) is 13.1. The summed E-state index contributed by atoms with van der Waals surface area (Å²) >= 11 is 0. The molecule has 3 unspecified atom stereocenters. The van der Waals surface area contributed by atoms with Crippen molar-refractivity contribution < 1.29 is 41.0 Å². The zero-order valence-corrected chi connectivity index (χ0v) is 26.6. The minimum atomic E-state index is -3.52. The van der Waals surface area contributed by atoms with E-state index in [-0.39, 0.29) is 25.8 Å². The Morgan fingerprint density at radius 2 is 1.44 bits per heavy atom. The molecular formula is C35H40O9S. The molecule has 3 aliphatic rings. The predicted octanol–water partition coefficient (Wildman–Crippen LogP) is 6.92. The van der Waals surface area contributed by atoms with Crippen LogP contribution in [0.2, 0.25) is 0 Å². The van der Waals surface area contributed by atoms with Crippen LogP contribution in [0.3, 0.4) is 0 Å². The second kappa shape index (κ2) is 14.2. The summed E-state index contributed by atoms with van der Waals surface area (Å²) in [5.41, 5.74) is 4.96. The zero-order chi connectivity index (χ0) is 31.2. The van der Waals surface area contributed by atoms with E-state index >= 15 is 0 Å². The van der Waals surface area contributed by atoms with Gasteiger partial charge in [-0.15, -0.1) is 0 Å². The summed E-state index contributed by atoms with van der Waals surface area (Å²) < 4.78 is 63.8. The lowest BCUT2D eigenvalue weighted by molar-refractivity contribution is -0.106. The summed E-state index contributed by atoms with van der Waals surface area (Å²) in [5, 5.41) is 0. The molecule has 2 saturated heterocycles. The molecule has 6 rings (SSSR count). The van der Waals surface area contributed by atoms with Gasteiger partial charge in [0.2, 0.25) is 0 Å². The number of rotatable bonds is 11. The number of ether oxygens (including phenoxy) is 6. The first-order valence-corrected chi connectivity index (χ1v) is 17.4. The molecule has 3 aromatic rings. The third-order valence-electron chi connectivity index (χ3n) is 8.05. The smallest absolute Gasteiger partial charge is 0.264 e. The first kappa shape index (κ1) is 31.4. The molecule has 3 atom stereocenters. The molecule has 0 bridgehead atoms. The van der Waals surface area contributed by atoms with Crippen molar-refractivity contribution in [3.05, 3.63) is 83.4 Å². The second-order valence-electron chi connectivity index (χ2n) is 11.5. The Labute approximate surface area is 265 Å². The van der Waals surface area contributed by atoms with Crippen molar-refractivity contribution in [1.82, 2.24) is 0 Å². The van der Waals surface area contributed by atoms with Gasteiger partial charge in [-0.1, -0.05) is 24.3 Å². The molecule has 0 aromatic heterocycles. The Hall–Kier alpha value is -3.57. The van der Waals surface area contributed by atoms with Gasteiger partial charge in [-0.05, 0) is 91.8 Å². The molecule has 2 fully saturated rings. The van der Waals surface area contributed by atoms with Crippen molar-refractivity contribution in [2.75, 3.05) is 32.7 Å². The van der Waals surface area contributed by atoms with Crippen molar-refractivity contribution in [3.8, 4) is 23.0 Å². The molecule has 3 aliphatic heterocycles. The highest BCUT2D eigenvalue weighted by Gasteiger charge is 2.30. The summed E-state index contributed by atoms with van der Waals surface area (Å²) in [7, 11) is -3.52. The maximum atomic E-state index is 11.2. The molecule has 3 aromatic carbocycles. The molecule has 3 heterocycles. The Bertz CT molecular complexity index is 1590. The van der Waals surface area contributed by atoms with Gasteiger partial charge in [-0.3, -0.25) is 4.18 Å². The van der Waals surface area contributed by atoms with E-state index in [2.05, 4.69) is 13.0 Å². The number of hydrogen-bond donors (Lipinski definition) is 0. The fraction of sp³-hybridized carbons (Fsp3) is 0.429. The number of hydrogen-bond acceptors (Lipinski definition) is 9. The maximum Gasteiger partial charge on any atom is 0.264 e. The van der Waals surface area contributed by atoms with Crippen LogP contribution < -0.4 is 18.9 Å². The number of allylic oxidation sites excluding steroid dienone is 1. The van der Waals surface area contributed by atoms with Gasteiger partial charge in [0.25, 0.3) is 10.1 Å². The molecule has 45 heavy (non-hydrogen) atoms. The molecule has 0 amide bonds. The first-order valence-electron chi connectivity index (χ1n) is 15.6. The number of benzene rings is 3. The molecule has 0 radical (unpaired) electrons. The molecule has 240 valence electrons. The van der Waals surface area contributed by atoms with Crippen molar-refractivity contribution in [1.29, 1.82) is 0 Å². The molecular weight excluding hydrogens is 596 g/mol. The standard InChI is InChI=1S/C35H40O9S/c1-24-30-23-29(43-33-11-4-6-19-40-33)16-17-31(30)44-35(25-12-14-27(15-13-25)38-20-21-41-45(2,36)37)34(24)26-8-7-9-28(22-26)42-32-10-3-5-18-39-32/h7-9,12-17,22-23,32-33,35H,3-6,10-11,18-21H2,1-2H3. The van der Waals surface area contributed by atoms with Crippen LogP contribution in [0.4, 0.5) is 0 Å². The summed E-state index contributed by atoms with van der Waals surface area (Å²) in [6, 6.07) is 21.6. The Balaban J connectivity index is 1.29. The van der Waals surface area contributed by atoms with E-state index in [4.69, 9.17) is 32.6 Å². The van der Waals surface area contributed by atoms with Crippen LogP contribution in [0.1, 0.15) is 68.2 Å². The quantitative estimate of drug-likeness (QED) is 0.164. The average molecular weight is 637 g/mol. The minimum absolute atomic E-state index is 0.0575. The summed E-state index contributed by atoms with van der Waals surface area (Å²) in [5.74, 6) is 2.86. The lowest BCUT2D eigenvalue weighted by Crippen LogP contribution is -2.25. The van der Waals surface area contributed by atoms with Crippen molar-refractivity contribution >= 4 is 21.3 Å². The average Bonchev–Trinajstić information content (AvgIpc) is 3.04. The lowest BCUT2D eigenvalue weighted by Gasteiger charge is -2.32. The van der Waals surface area contributed by atoms with Gasteiger partial charge in [0.1, 0.15) is 42.3 Å². The summed E-state index contributed by atoms with van der Waals surface area (Å²) in [6.45, 7) is 3.59. The Morgan fingerprint density at radius 3 is 2.09 bits per heavy atom. The summed E-state index contributed by atoms with van der Waals surface area (Å²) in [4.78, 5) is 0. The van der Waals surface area contributed by atoms with E-state index in [1.54, 1.807) is 0 Å². The van der Waals surface area contributed by atoms with Crippen molar-refractivity contribution in [2.45, 2.75) is 64.1 Å². The molecule has 0 N–H and O–H groups in total. The highest BCUT2D eigenvalue weighted by Crippen LogP contribution is 2.48. The van der Waals surface area contributed by atoms with E-state index in [0.29, 0.717) is 19.0 Å². The minimum Gasteiger partial charge on any atom is -0.491 e. The van der Waals surface area contributed by atoms with Crippen molar-refractivity contribution in [2.24, 2.45) is 0 Å². The molecule has 9 nitrogen and oxygen atoms in total. The Morgan fingerprint density at radius 1 is 0.778 bits per heavy atom. The predicted molar refractivity (Wildman–Crippen MR) is 170 cm³/mol. The van der Waals surface area contributed by atoms with E-state index in [1.807, 2.05) is 60.7 Å². The Kier molecular flexibility index (Phi) is 9.94.